The lowest BCUT2D eigenvalue weighted by Crippen LogP contribution is -2.14. The van der Waals surface area contributed by atoms with E-state index in [0.29, 0.717) is 11.3 Å². The van der Waals surface area contributed by atoms with E-state index in [1.807, 2.05) is 6.07 Å². The number of benzene rings is 2. The summed E-state index contributed by atoms with van der Waals surface area (Å²) in [5.41, 5.74) is 1.54. The Balaban J connectivity index is 2.30. The van der Waals surface area contributed by atoms with Crippen LogP contribution in [0, 0.1) is 18.3 Å². The van der Waals surface area contributed by atoms with E-state index in [2.05, 4.69) is 4.72 Å². The second-order valence-corrected chi connectivity index (χ2v) is 6.60. The molecule has 0 fully saturated rings. The molecule has 7 heteroatoms. The molecule has 0 saturated carbocycles. The Morgan fingerprint density at radius 2 is 1.87 bits per heavy atom. The lowest BCUT2D eigenvalue weighted by molar-refractivity contribution is 0.0696. The number of hydrogen-bond donors (Lipinski definition) is 2. The van der Waals surface area contributed by atoms with Crippen molar-refractivity contribution >= 4 is 21.7 Å². The predicted molar refractivity (Wildman–Crippen MR) is 84.7 cm³/mol. The summed E-state index contributed by atoms with van der Waals surface area (Å²) in [4.78, 5) is 11.0. The molecule has 2 N–H and O–H groups in total. The number of rotatable bonds is 5. The number of aromatic carboxylic acids is 1. The van der Waals surface area contributed by atoms with E-state index < -0.39 is 16.0 Å². The number of nitrogens with zero attached hydrogens (tertiary/aromatic N) is 1. The van der Waals surface area contributed by atoms with Crippen LogP contribution in [0.25, 0.3) is 0 Å². The van der Waals surface area contributed by atoms with E-state index in [1.54, 1.807) is 31.2 Å². The van der Waals surface area contributed by atoms with Crippen LogP contribution in [-0.4, -0.2) is 19.5 Å². The molecule has 6 nitrogen and oxygen atoms in total. The first-order valence-corrected chi connectivity index (χ1v) is 8.14. The van der Waals surface area contributed by atoms with Crippen molar-refractivity contribution in [2.75, 3.05) is 4.72 Å². The number of carboxylic acids is 1. The average molecular weight is 330 g/mol. The number of nitriles is 1. The number of nitrogens with one attached hydrogen (secondary N) is 1. The van der Waals surface area contributed by atoms with Crippen LogP contribution in [0.2, 0.25) is 0 Å². The lowest BCUT2D eigenvalue weighted by Gasteiger charge is -2.10. The van der Waals surface area contributed by atoms with E-state index in [0.717, 1.165) is 11.6 Å². The number of carboxylic acid groups (broad SMARTS) is 1. The Morgan fingerprint density at radius 1 is 1.22 bits per heavy atom. The van der Waals surface area contributed by atoms with Crippen LogP contribution in [0.15, 0.2) is 47.4 Å². The zero-order chi connectivity index (χ0) is 17.0. The molecular weight excluding hydrogens is 316 g/mol. The van der Waals surface area contributed by atoms with Gasteiger partial charge >= 0.3 is 5.97 Å². The number of carbonyl (C=O) groups is 1. The molecule has 0 aliphatic carbocycles. The first-order chi connectivity index (χ1) is 10.8. The molecule has 0 atom stereocenters. The third-order valence-electron chi connectivity index (χ3n) is 3.24. The second kappa shape index (κ2) is 6.50. The molecule has 0 heterocycles. The summed E-state index contributed by atoms with van der Waals surface area (Å²) >= 11 is 0. The molecular formula is C16H14N2O4S. The highest BCUT2D eigenvalue weighted by atomic mass is 32.2. The van der Waals surface area contributed by atoms with Gasteiger partial charge in [-0.25, -0.2) is 13.2 Å². The van der Waals surface area contributed by atoms with E-state index in [1.165, 1.54) is 12.1 Å². The average Bonchev–Trinajstić information content (AvgIpc) is 2.49. The summed E-state index contributed by atoms with van der Waals surface area (Å²) in [6, 6.07) is 12.3. The van der Waals surface area contributed by atoms with Gasteiger partial charge in [-0.1, -0.05) is 18.2 Å². The molecule has 2 rings (SSSR count). The van der Waals surface area contributed by atoms with Crippen LogP contribution in [-0.2, 0) is 16.4 Å². The number of anilines is 1. The minimum atomic E-state index is -3.89. The fourth-order valence-electron chi connectivity index (χ4n) is 1.99. The van der Waals surface area contributed by atoms with Crippen molar-refractivity contribution in [1.29, 1.82) is 5.26 Å². The smallest absolute Gasteiger partial charge is 0.335 e. The minimum absolute atomic E-state index is 0.0581. The molecule has 2 aromatic rings. The molecule has 2 aromatic carbocycles. The highest BCUT2D eigenvalue weighted by molar-refractivity contribution is 7.92. The van der Waals surface area contributed by atoms with Gasteiger partial charge in [-0.15, -0.1) is 0 Å². The Labute approximate surface area is 134 Å². The first-order valence-electron chi connectivity index (χ1n) is 6.66. The van der Waals surface area contributed by atoms with Gasteiger partial charge in [-0.05, 0) is 42.3 Å². The number of aryl methyl sites for hydroxylation is 1. The van der Waals surface area contributed by atoms with Gasteiger partial charge < -0.3 is 5.11 Å². The minimum Gasteiger partial charge on any atom is -0.478 e. The van der Waals surface area contributed by atoms with Gasteiger partial charge in [0.2, 0.25) is 0 Å². The van der Waals surface area contributed by atoms with Crippen LogP contribution in [0.4, 0.5) is 5.69 Å². The SMILES string of the molecule is Cc1ccc(S(=O)(=O)Nc2ccc(CC#N)cc2)cc1C(=O)O. The summed E-state index contributed by atoms with van der Waals surface area (Å²) in [5.74, 6) is -1.18. The maximum atomic E-state index is 12.3. The van der Waals surface area contributed by atoms with Crippen molar-refractivity contribution in [2.45, 2.75) is 18.2 Å². The molecule has 0 saturated heterocycles. The van der Waals surface area contributed by atoms with Crippen molar-refractivity contribution in [3.63, 3.8) is 0 Å². The predicted octanol–water partition coefficient (Wildman–Crippen LogP) is 2.56. The van der Waals surface area contributed by atoms with Crippen LogP contribution < -0.4 is 4.72 Å². The highest BCUT2D eigenvalue weighted by Crippen LogP contribution is 2.20. The third kappa shape index (κ3) is 3.87. The quantitative estimate of drug-likeness (QED) is 0.876. The van der Waals surface area contributed by atoms with Gasteiger partial charge in [0.15, 0.2) is 0 Å². The van der Waals surface area contributed by atoms with Gasteiger partial charge in [-0.3, -0.25) is 4.72 Å². The first kappa shape index (κ1) is 16.5. The molecule has 118 valence electrons. The molecule has 0 aromatic heterocycles. The number of hydrogen-bond acceptors (Lipinski definition) is 4. The molecule has 0 aliphatic rings. The molecule has 0 radical (unpaired) electrons. The van der Waals surface area contributed by atoms with Gasteiger partial charge in [0.05, 0.1) is 22.9 Å². The van der Waals surface area contributed by atoms with Gasteiger partial charge in [0, 0.05) is 5.69 Å². The Hall–Kier alpha value is -2.85. The van der Waals surface area contributed by atoms with Crippen molar-refractivity contribution in [1.82, 2.24) is 0 Å². The standard InChI is InChI=1S/C16H14N2O4S/c1-11-2-7-14(10-15(11)16(19)20)23(21,22)18-13-5-3-12(4-6-13)8-9-17/h2-7,10,18H,8H2,1H3,(H,19,20). The molecule has 0 unspecified atom stereocenters. The Bertz CT molecular complexity index is 881. The fraction of sp³-hybridized carbons (Fsp3) is 0.125. The van der Waals surface area contributed by atoms with Crippen LogP contribution >= 0.6 is 0 Å². The summed E-state index contributed by atoms with van der Waals surface area (Å²) < 4.78 is 27.1. The van der Waals surface area contributed by atoms with Crippen LogP contribution in [0.3, 0.4) is 0 Å². The van der Waals surface area contributed by atoms with E-state index >= 15 is 0 Å². The number of sulfonamides is 1. The van der Waals surface area contributed by atoms with Crippen LogP contribution in [0.1, 0.15) is 21.5 Å². The summed E-state index contributed by atoms with van der Waals surface area (Å²) in [6.07, 6.45) is 0.243. The molecule has 23 heavy (non-hydrogen) atoms. The van der Waals surface area contributed by atoms with E-state index in [4.69, 9.17) is 10.4 Å². The highest BCUT2D eigenvalue weighted by Gasteiger charge is 2.17. The molecule has 0 aliphatic heterocycles. The van der Waals surface area contributed by atoms with Crippen molar-refractivity contribution < 1.29 is 18.3 Å². The summed E-state index contributed by atoms with van der Waals surface area (Å²) in [5, 5.41) is 17.7. The van der Waals surface area contributed by atoms with Crippen molar-refractivity contribution in [3.05, 3.63) is 59.2 Å². The Kier molecular flexibility index (Phi) is 4.67. The van der Waals surface area contributed by atoms with Gasteiger partial charge in [0.1, 0.15) is 0 Å². The maximum Gasteiger partial charge on any atom is 0.335 e. The van der Waals surface area contributed by atoms with Crippen molar-refractivity contribution in [3.8, 4) is 6.07 Å². The lowest BCUT2D eigenvalue weighted by atomic mass is 10.1. The molecule has 0 bridgehead atoms. The van der Waals surface area contributed by atoms with Gasteiger partial charge in [0.25, 0.3) is 10.0 Å². The monoisotopic (exact) mass is 330 g/mol. The molecule has 0 spiro atoms. The molecule has 0 amide bonds. The van der Waals surface area contributed by atoms with Crippen molar-refractivity contribution in [2.24, 2.45) is 0 Å². The van der Waals surface area contributed by atoms with E-state index in [9.17, 15) is 13.2 Å². The summed E-state index contributed by atoms with van der Waals surface area (Å²) in [6.45, 7) is 1.60. The zero-order valence-corrected chi connectivity index (χ0v) is 13.1. The fourth-order valence-corrected chi connectivity index (χ4v) is 3.08. The largest absolute Gasteiger partial charge is 0.478 e. The second-order valence-electron chi connectivity index (χ2n) is 4.92. The van der Waals surface area contributed by atoms with Gasteiger partial charge in [-0.2, -0.15) is 5.26 Å². The Morgan fingerprint density at radius 3 is 2.43 bits per heavy atom. The maximum absolute atomic E-state index is 12.3. The topological polar surface area (TPSA) is 107 Å². The summed E-state index contributed by atoms with van der Waals surface area (Å²) in [7, 11) is -3.89. The normalized spacial score (nSPS) is 10.8. The van der Waals surface area contributed by atoms with E-state index in [-0.39, 0.29) is 16.9 Å². The third-order valence-corrected chi connectivity index (χ3v) is 4.62. The zero-order valence-electron chi connectivity index (χ0n) is 12.3. The van der Waals surface area contributed by atoms with Crippen LogP contribution in [0.5, 0.6) is 0 Å².